The predicted octanol–water partition coefficient (Wildman–Crippen LogP) is 4.05. The Bertz CT molecular complexity index is 825. The van der Waals surface area contributed by atoms with Crippen LogP contribution in [0.1, 0.15) is 48.3 Å². The summed E-state index contributed by atoms with van der Waals surface area (Å²) in [5, 5.41) is 9.19. The summed E-state index contributed by atoms with van der Waals surface area (Å²) in [6.07, 6.45) is 2.59. The fourth-order valence-corrected chi connectivity index (χ4v) is 4.59. The summed E-state index contributed by atoms with van der Waals surface area (Å²) in [4.78, 5) is 26.4. The molecule has 27 heavy (non-hydrogen) atoms. The van der Waals surface area contributed by atoms with E-state index in [1.54, 1.807) is 0 Å². The van der Waals surface area contributed by atoms with Gasteiger partial charge < -0.3 is 10.0 Å². The molecule has 0 radical (unpaired) electrons. The molecule has 1 fully saturated rings. The van der Waals surface area contributed by atoms with E-state index in [9.17, 15) is 14.7 Å². The molecule has 1 amide bonds. The van der Waals surface area contributed by atoms with Crippen molar-refractivity contribution in [3.8, 4) is 0 Å². The molecule has 4 nitrogen and oxygen atoms in total. The van der Waals surface area contributed by atoms with E-state index in [0.29, 0.717) is 38.8 Å². The van der Waals surface area contributed by atoms with Gasteiger partial charge in [0.25, 0.3) is 0 Å². The van der Waals surface area contributed by atoms with E-state index < -0.39 is 5.97 Å². The van der Waals surface area contributed by atoms with Gasteiger partial charge in [-0.25, -0.2) is 0 Å². The van der Waals surface area contributed by atoms with Gasteiger partial charge in [0.15, 0.2) is 0 Å². The average Bonchev–Trinajstić information content (AvgIpc) is 2.73. The van der Waals surface area contributed by atoms with Gasteiger partial charge in [-0.1, -0.05) is 54.6 Å². The fraction of sp³-hybridized carbons (Fsp3) is 0.391. The van der Waals surface area contributed by atoms with Crippen LogP contribution in [0.2, 0.25) is 0 Å². The number of benzene rings is 2. The lowest BCUT2D eigenvalue weighted by Gasteiger charge is -2.38. The number of hydrogen-bond acceptors (Lipinski definition) is 2. The molecule has 2 aromatic rings. The third kappa shape index (κ3) is 3.61. The summed E-state index contributed by atoms with van der Waals surface area (Å²) in [6, 6.07) is 18.8. The molecule has 1 aliphatic heterocycles. The summed E-state index contributed by atoms with van der Waals surface area (Å²) in [7, 11) is 0. The van der Waals surface area contributed by atoms with Gasteiger partial charge in [-0.3, -0.25) is 9.59 Å². The maximum atomic E-state index is 13.2. The molecule has 0 spiro atoms. The quantitative estimate of drug-likeness (QED) is 0.895. The fourth-order valence-electron chi connectivity index (χ4n) is 4.59. The second-order valence-electron chi connectivity index (χ2n) is 7.77. The molecule has 1 unspecified atom stereocenters. The molecular weight excluding hydrogens is 338 g/mol. The monoisotopic (exact) mass is 363 g/mol. The molecule has 1 heterocycles. The van der Waals surface area contributed by atoms with Gasteiger partial charge >= 0.3 is 5.97 Å². The Kier molecular flexibility index (Phi) is 4.97. The second kappa shape index (κ2) is 7.55. The Morgan fingerprint density at radius 2 is 1.48 bits per heavy atom. The molecule has 1 saturated carbocycles. The van der Waals surface area contributed by atoms with Crippen LogP contribution in [0, 0.1) is 11.8 Å². The van der Waals surface area contributed by atoms with Gasteiger partial charge in [0.1, 0.15) is 0 Å². The summed E-state index contributed by atoms with van der Waals surface area (Å²) < 4.78 is 0. The Hall–Kier alpha value is -2.62. The number of rotatable bonds is 3. The molecule has 140 valence electrons. The van der Waals surface area contributed by atoms with E-state index in [0.717, 1.165) is 0 Å². The molecule has 1 atom stereocenters. The maximum Gasteiger partial charge on any atom is 0.306 e. The lowest BCUT2D eigenvalue weighted by molar-refractivity contribution is -0.146. The van der Waals surface area contributed by atoms with Gasteiger partial charge in [0.05, 0.1) is 5.92 Å². The van der Waals surface area contributed by atoms with E-state index in [2.05, 4.69) is 30.3 Å². The minimum atomic E-state index is -0.725. The van der Waals surface area contributed by atoms with Gasteiger partial charge in [0, 0.05) is 24.9 Å². The molecular formula is C23H25NO3. The van der Waals surface area contributed by atoms with Crippen molar-refractivity contribution in [2.45, 2.75) is 38.1 Å². The molecule has 2 aromatic carbocycles. The average molecular weight is 363 g/mol. The minimum Gasteiger partial charge on any atom is -0.481 e. The Balaban J connectivity index is 1.55. The standard InChI is InChI=1S/C23H25NO3/c25-22(17-10-12-18(13-11-17)23(26)27)24-14-19-8-4-5-9-20(19)21(15-24)16-6-2-1-3-7-16/h1-9,17-18,21H,10-15H2,(H,26,27). The van der Waals surface area contributed by atoms with E-state index in [1.807, 2.05) is 29.2 Å². The van der Waals surface area contributed by atoms with Crippen LogP contribution in [-0.4, -0.2) is 28.4 Å². The zero-order chi connectivity index (χ0) is 18.8. The SMILES string of the molecule is O=C(O)C1CCC(C(=O)N2Cc3ccccc3C(c3ccccc3)C2)CC1. The van der Waals surface area contributed by atoms with Crippen molar-refractivity contribution >= 4 is 11.9 Å². The van der Waals surface area contributed by atoms with Crippen molar-refractivity contribution in [1.29, 1.82) is 0 Å². The number of carboxylic acid groups (broad SMARTS) is 1. The van der Waals surface area contributed by atoms with Crippen LogP contribution < -0.4 is 0 Å². The normalized spacial score (nSPS) is 24.9. The van der Waals surface area contributed by atoms with E-state index in [1.165, 1.54) is 16.7 Å². The van der Waals surface area contributed by atoms with Gasteiger partial charge in [0.2, 0.25) is 5.91 Å². The number of carbonyl (C=O) groups excluding carboxylic acids is 1. The summed E-state index contributed by atoms with van der Waals surface area (Å²) >= 11 is 0. The molecule has 2 aliphatic rings. The topological polar surface area (TPSA) is 57.6 Å². The van der Waals surface area contributed by atoms with Crippen LogP contribution in [0.4, 0.5) is 0 Å². The highest BCUT2D eigenvalue weighted by molar-refractivity contribution is 5.80. The number of hydrogen-bond donors (Lipinski definition) is 1. The maximum absolute atomic E-state index is 13.2. The zero-order valence-electron chi connectivity index (χ0n) is 15.4. The van der Waals surface area contributed by atoms with E-state index in [-0.39, 0.29) is 23.7 Å². The zero-order valence-corrected chi connectivity index (χ0v) is 15.4. The Morgan fingerprint density at radius 1 is 0.852 bits per heavy atom. The molecule has 0 bridgehead atoms. The first-order chi connectivity index (χ1) is 13.1. The largest absolute Gasteiger partial charge is 0.481 e. The number of nitrogens with zero attached hydrogens (tertiary/aromatic N) is 1. The Labute approximate surface area is 159 Å². The van der Waals surface area contributed by atoms with Crippen LogP contribution in [0.5, 0.6) is 0 Å². The molecule has 0 saturated heterocycles. The van der Waals surface area contributed by atoms with E-state index in [4.69, 9.17) is 0 Å². The molecule has 1 aliphatic carbocycles. The van der Waals surface area contributed by atoms with Gasteiger partial charge in [-0.15, -0.1) is 0 Å². The number of carboxylic acids is 1. The number of amides is 1. The highest BCUT2D eigenvalue weighted by atomic mass is 16.4. The van der Waals surface area contributed by atoms with Crippen LogP contribution in [-0.2, 0) is 16.1 Å². The van der Waals surface area contributed by atoms with Crippen molar-refractivity contribution in [1.82, 2.24) is 4.90 Å². The number of fused-ring (bicyclic) bond motifs is 1. The van der Waals surface area contributed by atoms with Crippen LogP contribution in [0.3, 0.4) is 0 Å². The minimum absolute atomic E-state index is 0.0396. The summed E-state index contributed by atoms with van der Waals surface area (Å²) in [5.74, 6) is -0.669. The van der Waals surface area contributed by atoms with Gasteiger partial charge in [-0.05, 0) is 42.4 Å². The van der Waals surface area contributed by atoms with Crippen molar-refractivity contribution in [3.05, 3.63) is 71.3 Å². The second-order valence-corrected chi connectivity index (χ2v) is 7.77. The van der Waals surface area contributed by atoms with Crippen molar-refractivity contribution in [3.63, 3.8) is 0 Å². The molecule has 1 N–H and O–H groups in total. The predicted molar refractivity (Wildman–Crippen MR) is 103 cm³/mol. The summed E-state index contributed by atoms with van der Waals surface area (Å²) in [6.45, 7) is 1.34. The van der Waals surface area contributed by atoms with Crippen molar-refractivity contribution in [2.75, 3.05) is 6.54 Å². The third-order valence-corrected chi connectivity index (χ3v) is 6.13. The smallest absolute Gasteiger partial charge is 0.306 e. The third-order valence-electron chi connectivity index (χ3n) is 6.13. The van der Waals surface area contributed by atoms with Gasteiger partial charge in [-0.2, -0.15) is 0 Å². The first kappa shape index (κ1) is 17.8. The highest BCUT2D eigenvalue weighted by Crippen LogP contribution is 2.36. The molecule has 4 heteroatoms. The van der Waals surface area contributed by atoms with E-state index >= 15 is 0 Å². The summed E-state index contributed by atoms with van der Waals surface area (Å²) in [5.41, 5.74) is 3.75. The molecule has 0 aromatic heterocycles. The van der Waals surface area contributed by atoms with Crippen LogP contribution >= 0.6 is 0 Å². The van der Waals surface area contributed by atoms with Crippen LogP contribution in [0.25, 0.3) is 0 Å². The number of aliphatic carboxylic acids is 1. The highest BCUT2D eigenvalue weighted by Gasteiger charge is 2.35. The lowest BCUT2D eigenvalue weighted by Crippen LogP contribution is -2.43. The van der Waals surface area contributed by atoms with Crippen molar-refractivity contribution in [2.24, 2.45) is 11.8 Å². The Morgan fingerprint density at radius 3 is 2.19 bits per heavy atom. The lowest BCUT2D eigenvalue weighted by atomic mass is 9.80. The number of carbonyl (C=O) groups is 2. The first-order valence-electron chi connectivity index (χ1n) is 9.78. The first-order valence-corrected chi connectivity index (χ1v) is 9.78. The van der Waals surface area contributed by atoms with Crippen LogP contribution in [0.15, 0.2) is 54.6 Å². The van der Waals surface area contributed by atoms with Crippen molar-refractivity contribution < 1.29 is 14.7 Å². The molecule has 4 rings (SSSR count).